The molecule has 2 heterocycles. The lowest BCUT2D eigenvalue weighted by Gasteiger charge is -2.29. The highest BCUT2D eigenvalue weighted by atomic mass is 32.2. The van der Waals surface area contributed by atoms with Crippen LogP contribution in [0.5, 0.6) is 0 Å². The normalized spacial score (nSPS) is 28.2. The van der Waals surface area contributed by atoms with Crippen LogP contribution in [0, 0.1) is 17.8 Å². The highest BCUT2D eigenvalue weighted by Crippen LogP contribution is 2.49. The number of thioether (sulfide) groups is 1. The molecule has 2 aromatic rings. The summed E-state index contributed by atoms with van der Waals surface area (Å²) in [4.78, 5) is 12.6. The Bertz CT molecular complexity index is 745. The molecule has 1 N–H and O–H groups in total. The van der Waals surface area contributed by atoms with E-state index in [-0.39, 0.29) is 17.2 Å². The second-order valence-electron chi connectivity index (χ2n) is 7.31. The van der Waals surface area contributed by atoms with Crippen LogP contribution in [0.15, 0.2) is 29.6 Å². The number of pyridine rings is 1. The lowest BCUT2D eigenvalue weighted by atomic mass is 9.84. The summed E-state index contributed by atoms with van der Waals surface area (Å²) < 4.78 is 1.92. The summed E-state index contributed by atoms with van der Waals surface area (Å²) in [6.45, 7) is 4.12. The fraction of sp³-hybridized carbons (Fsp3) is 0.611. The summed E-state index contributed by atoms with van der Waals surface area (Å²) in [5.41, 5.74) is 0.808. The first kappa shape index (κ1) is 15.9. The van der Waals surface area contributed by atoms with E-state index < -0.39 is 0 Å². The first-order chi connectivity index (χ1) is 11.6. The fourth-order valence-electron chi connectivity index (χ4n) is 4.47. The van der Waals surface area contributed by atoms with Gasteiger partial charge in [-0.2, -0.15) is 0 Å². The van der Waals surface area contributed by atoms with Crippen LogP contribution in [0.2, 0.25) is 0 Å². The van der Waals surface area contributed by atoms with Crippen LogP contribution in [0.3, 0.4) is 0 Å². The summed E-state index contributed by atoms with van der Waals surface area (Å²) >= 11 is 1.46. The van der Waals surface area contributed by atoms with Crippen LogP contribution < -0.4 is 5.32 Å². The van der Waals surface area contributed by atoms with E-state index in [9.17, 15) is 4.79 Å². The second kappa shape index (κ2) is 6.39. The van der Waals surface area contributed by atoms with Crippen molar-refractivity contribution in [3.8, 4) is 0 Å². The molecule has 6 heteroatoms. The maximum Gasteiger partial charge on any atom is 0.233 e. The van der Waals surface area contributed by atoms with Gasteiger partial charge in [-0.15, -0.1) is 10.2 Å². The summed E-state index contributed by atoms with van der Waals surface area (Å²) in [5, 5.41) is 12.2. The van der Waals surface area contributed by atoms with Gasteiger partial charge in [0.1, 0.15) is 0 Å². The largest absolute Gasteiger partial charge is 0.352 e. The summed E-state index contributed by atoms with van der Waals surface area (Å²) in [6, 6.07) is 6.07. The minimum atomic E-state index is -0.182. The predicted molar refractivity (Wildman–Crippen MR) is 94.8 cm³/mol. The number of carbonyl (C=O) groups excluding carboxylic acids is 1. The SMILES string of the molecule is CC(Sc1nnc2ccccn12)C(=O)NC(C)C1CC2CCC1C2. The van der Waals surface area contributed by atoms with E-state index in [1.807, 2.05) is 35.7 Å². The van der Waals surface area contributed by atoms with Crippen molar-refractivity contribution in [1.82, 2.24) is 19.9 Å². The predicted octanol–water partition coefficient (Wildman–Crippen LogP) is 3.15. The van der Waals surface area contributed by atoms with Gasteiger partial charge in [-0.25, -0.2) is 0 Å². The molecular weight excluding hydrogens is 320 g/mol. The van der Waals surface area contributed by atoms with Gasteiger partial charge in [0.25, 0.3) is 0 Å². The molecule has 2 aliphatic rings. The first-order valence-corrected chi connectivity index (χ1v) is 9.76. The van der Waals surface area contributed by atoms with Gasteiger partial charge in [0, 0.05) is 12.2 Å². The van der Waals surface area contributed by atoms with Crippen LogP contribution in [0.1, 0.15) is 39.5 Å². The molecule has 2 aromatic heterocycles. The number of amides is 1. The summed E-state index contributed by atoms with van der Waals surface area (Å²) in [7, 11) is 0. The third-order valence-corrected chi connectivity index (χ3v) is 6.80. The minimum absolute atomic E-state index is 0.1000. The van der Waals surface area contributed by atoms with Crippen molar-refractivity contribution >= 4 is 23.3 Å². The monoisotopic (exact) mass is 344 g/mol. The van der Waals surface area contributed by atoms with Gasteiger partial charge in [0.15, 0.2) is 10.8 Å². The van der Waals surface area contributed by atoms with E-state index in [1.54, 1.807) is 0 Å². The van der Waals surface area contributed by atoms with Gasteiger partial charge in [-0.05, 0) is 63.0 Å². The highest BCUT2D eigenvalue weighted by Gasteiger charge is 2.42. The smallest absolute Gasteiger partial charge is 0.233 e. The molecule has 2 saturated carbocycles. The number of nitrogens with one attached hydrogen (secondary N) is 1. The van der Waals surface area contributed by atoms with Gasteiger partial charge in [-0.3, -0.25) is 9.20 Å². The molecule has 2 fully saturated rings. The molecule has 128 valence electrons. The average molecular weight is 344 g/mol. The van der Waals surface area contributed by atoms with Gasteiger partial charge in [0.2, 0.25) is 5.91 Å². The standard InChI is InChI=1S/C18H24N4OS/c1-11(15-10-13-6-7-14(15)9-13)19-17(23)12(2)24-18-21-20-16-5-3-4-8-22(16)18/h3-5,8,11-15H,6-7,9-10H2,1-2H3,(H,19,23). The number of fused-ring (bicyclic) bond motifs is 3. The van der Waals surface area contributed by atoms with Gasteiger partial charge in [-0.1, -0.05) is 24.2 Å². The van der Waals surface area contributed by atoms with E-state index in [0.717, 1.165) is 22.6 Å². The molecule has 2 bridgehead atoms. The van der Waals surface area contributed by atoms with Gasteiger partial charge in [0.05, 0.1) is 5.25 Å². The minimum Gasteiger partial charge on any atom is -0.352 e. The van der Waals surface area contributed by atoms with Crippen LogP contribution in [0.25, 0.3) is 5.65 Å². The molecule has 2 aliphatic carbocycles. The molecule has 0 aromatic carbocycles. The Morgan fingerprint density at radius 3 is 2.92 bits per heavy atom. The van der Waals surface area contributed by atoms with Crippen molar-refractivity contribution in [2.24, 2.45) is 17.8 Å². The zero-order valence-electron chi connectivity index (χ0n) is 14.2. The number of carbonyl (C=O) groups is 1. The Balaban J connectivity index is 1.37. The van der Waals surface area contributed by atoms with E-state index in [2.05, 4.69) is 22.4 Å². The van der Waals surface area contributed by atoms with E-state index in [1.165, 1.54) is 37.4 Å². The Morgan fingerprint density at radius 2 is 2.17 bits per heavy atom. The van der Waals surface area contributed by atoms with Crippen LogP contribution in [-0.4, -0.2) is 31.8 Å². The van der Waals surface area contributed by atoms with Crippen molar-refractivity contribution in [1.29, 1.82) is 0 Å². The summed E-state index contributed by atoms with van der Waals surface area (Å²) in [6.07, 6.45) is 7.35. The second-order valence-corrected chi connectivity index (χ2v) is 8.62. The Labute approximate surface area is 146 Å². The van der Waals surface area contributed by atoms with Crippen LogP contribution in [0.4, 0.5) is 0 Å². The number of aromatic nitrogens is 3. The molecule has 0 aliphatic heterocycles. The zero-order chi connectivity index (χ0) is 16.7. The molecule has 4 rings (SSSR count). The third-order valence-electron chi connectivity index (χ3n) is 5.74. The van der Waals surface area contributed by atoms with Crippen LogP contribution >= 0.6 is 11.8 Å². The Hall–Kier alpha value is -1.56. The van der Waals surface area contributed by atoms with Crippen molar-refractivity contribution in [2.45, 2.75) is 56.0 Å². The van der Waals surface area contributed by atoms with E-state index in [0.29, 0.717) is 5.92 Å². The number of nitrogens with zero attached hydrogens (tertiary/aromatic N) is 3. The third kappa shape index (κ3) is 2.92. The molecule has 1 amide bonds. The molecule has 24 heavy (non-hydrogen) atoms. The molecule has 5 nitrogen and oxygen atoms in total. The Kier molecular flexibility index (Phi) is 4.24. The number of hydrogen-bond acceptors (Lipinski definition) is 4. The highest BCUT2D eigenvalue weighted by molar-refractivity contribution is 8.00. The van der Waals surface area contributed by atoms with Crippen LogP contribution in [-0.2, 0) is 4.79 Å². The lowest BCUT2D eigenvalue weighted by Crippen LogP contribution is -2.43. The van der Waals surface area contributed by atoms with Crippen molar-refractivity contribution < 1.29 is 4.79 Å². The number of hydrogen-bond donors (Lipinski definition) is 1. The average Bonchev–Trinajstić information content (AvgIpc) is 3.30. The fourth-order valence-corrected chi connectivity index (χ4v) is 5.31. The molecule has 5 atom stereocenters. The molecule has 5 unspecified atom stereocenters. The quantitative estimate of drug-likeness (QED) is 0.847. The molecule has 0 spiro atoms. The lowest BCUT2D eigenvalue weighted by molar-refractivity contribution is -0.121. The maximum atomic E-state index is 12.6. The first-order valence-electron chi connectivity index (χ1n) is 8.88. The maximum absolute atomic E-state index is 12.6. The van der Waals surface area contributed by atoms with Crippen molar-refractivity contribution in [3.63, 3.8) is 0 Å². The molecule has 0 saturated heterocycles. The van der Waals surface area contributed by atoms with E-state index in [4.69, 9.17) is 0 Å². The van der Waals surface area contributed by atoms with E-state index >= 15 is 0 Å². The topological polar surface area (TPSA) is 59.3 Å². The van der Waals surface area contributed by atoms with Crippen molar-refractivity contribution in [3.05, 3.63) is 24.4 Å². The van der Waals surface area contributed by atoms with Gasteiger partial charge >= 0.3 is 0 Å². The zero-order valence-corrected chi connectivity index (χ0v) is 15.0. The van der Waals surface area contributed by atoms with Crippen molar-refractivity contribution in [2.75, 3.05) is 0 Å². The number of rotatable bonds is 5. The molecular formula is C18H24N4OS. The summed E-state index contributed by atoms with van der Waals surface area (Å²) in [5.74, 6) is 2.50. The van der Waals surface area contributed by atoms with Gasteiger partial charge < -0.3 is 5.32 Å². The molecule has 0 radical (unpaired) electrons. The Morgan fingerprint density at radius 1 is 1.29 bits per heavy atom.